The molecule has 1 amide bonds. The molecular formula is C19H26N3O4-. The third-order valence-corrected chi connectivity index (χ3v) is 4.47. The summed E-state index contributed by atoms with van der Waals surface area (Å²) in [5.41, 5.74) is 2.34. The number of nitrogens with zero attached hydrogens (tertiary/aromatic N) is 2. The predicted molar refractivity (Wildman–Crippen MR) is 97.9 cm³/mol. The van der Waals surface area contributed by atoms with Crippen molar-refractivity contribution in [3.63, 3.8) is 0 Å². The lowest BCUT2D eigenvalue weighted by molar-refractivity contribution is -0.302. The number of methoxy groups -OCH3 is 1. The molecule has 0 bridgehead atoms. The highest BCUT2D eigenvalue weighted by molar-refractivity contribution is 5.85. The first kappa shape index (κ1) is 19.8. The van der Waals surface area contributed by atoms with E-state index in [4.69, 9.17) is 14.6 Å². The number of carboxylic acid groups (broad SMARTS) is 1. The maximum absolute atomic E-state index is 12.1. The van der Waals surface area contributed by atoms with Gasteiger partial charge in [-0.2, -0.15) is 0 Å². The third-order valence-electron chi connectivity index (χ3n) is 4.47. The summed E-state index contributed by atoms with van der Waals surface area (Å²) in [6, 6.07) is 6.04. The number of carboxylic acids is 1. The van der Waals surface area contributed by atoms with Crippen molar-refractivity contribution in [2.75, 3.05) is 39.8 Å². The zero-order valence-electron chi connectivity index (χ0n) is 15.6. The number of aromatic nitrogens is 1. The molecule has 0 spiro atoms. The van der Waals surface area contributed by atoms with Gasteiger partial charge in [0.05, 0.1) is 13.7 Å². The number of rotatable bonds is 5. The summed E-state index contributed by atoms with van der Waals surface area (Å²) < 4.78 is 5.30. The summed E-state index contributed by atoms with van der Waals surface area (Å²) in [5.74, 6) is 0.0199. The number of ether oxygens (including phenoxy) is 1. The van der Waals surface area contributed by atoms with Crippen LogP contribution in [0.5, 0.6) is 5.75 Å². The fourth-order valence-corrected chi connectivity index (χ4v) is 3.01. The van der Waals surface area contributed by atoms with Crippen molar-refractivity contribution < 1.29 is 19.4 Å². The smallest absolute Gasteiger partial charge is 0.236 e. The monoisotopic (exact) mass is 360 g/mol. The van der Waals surface area contributed by atoms with Gasteiger partial charge in [-0.25, -0.2) is 0 Å². The number of likely N-dealkylation sites (N-methyl/N-ethyl adjacent to an activating group) is 1. The van der Waals surface area contributed by atoms with Gasteiger partial charge < -0.3 is 24.5 Å². The Morgan fingerprint density at radius 3 is 2.69 bits per heavy atom. The van der Waals surface area contributed by atoms with E-state index in [1.54, 1.807) is 7.11 Å². The molecule has 0 radical (unpaired) electrons. The van der Waals surface area contributed by atoms with Crippen LogP contribution in [-0.2, 0) is 16.0 Å². The number of hydrogen-bond acceptors (Lipinski definition) is 5. The van der Waals surface area contributed by atoms with E-state index in [9.17, 15) is 4.79 Å². The zero-order valence-corrected chi connectivity index (χ0v) is 15.6. The largest absolute Gasteiger partial charge is 0.550 e. The molecular weight excluding hydrogens is 334 g/mol. The lowest BCUT2D eigenvalue weighted by Crippen LogP contribution is -2.50. The molecule has 7 heteroatoms. The molecule has 2 aromatic rings. The highest BCUT2D eigenvalue weighted by atomic mass is 16.5. The van der Waals surface area contributed by atoms with E-state index in [1.165, 1.54) is 10.9 Å². The summed E-state index contributed by atoms with van der Waals surface area (Å²) in [4.78, 5) is 28.5. The lowest BCUT2D eigenvalue weighted by atomic mass is 10.1. The Morgan fingerprint density at radius 2 is 2.08 bits per heavy atom. The highest BCUT2D eigenvalue weighted by Gasteiger charge is 2.22. The van der Waals surface area contributed by atoms with Gasteiger partial charge in [0.25, 0.3) is 0 Å². The van der Waals surface area contributed by atoms with Crippen LogP contribution in [0.4, 0.5) is 0 Å². The second-order valence-corrected chi connectivity index (χ2v) is 6.22. The van der Waals surface area contributed by atoms with E-state index in [2.05, 4.69) is 22.9 Å². The van der Waals surface area contributed by atoms with Gasteiger partial charge in [-0.3, -0.25) is 9.69 Å². The van der Waals surface area contributed by atoms with Crippen LogP contribution in [0.25, 0.3) is 10.9 Å². The molecule has 0 unspecified atom stereocenters. The van der Waals surface area contributed by atoms with Crippen LogP contribution in [0, 0.1) is 0 Å². The minimum absolute atomic E-state index is 0.241. The number of aromatic amines is 1. The van der Waals surface area contributed by atoms with E-state index in [0.717, 1.165) is 50.8 Å². The van der Waals surface area contributed by atoms with Crippen LogP contribution in [0.2, 0.25) is 0 Å². The number of carbonyl (C=O) groups excluding carboxylic acids is 2. The van der Waals surface area contributed by atoms with E-state index in [-0.39, 0.29) is 5.91 Å². The Labute approximate surface area is 153 Å². The average molecular weight is 360 g/mol. The van der Waals surface area contributed by atoms with Crippen molar-refractivity contribution in [3.05, 3.63) is 30.0 Å². The summed E-state index contributed by atoms with van der Waals surface area (Å²) in [5, 5.41) is 10.1. The SMILES string of the molecule is CC(=O)[O-].CCN1CCN(CCc2c[nH]c3ccc(OC)cc23)C(=O)C1. The Morgan fingerprint density at radius 1 is 1.35 bits per heavy atom. The number of hydrogen-bond donors (Lipinski definition) is 1. The Kier molecular flexibility index (Phi) is 7.03. The second kappa shape index (κ2) is 9.24. The van der Waals surface area contributed by atoms with Gasteiger partial charge in [0.2, 0.25) is 5.91 Å². The van der Waals surface area contributed by atoms with E-state index >= 15 is 0 Å². The Hall–Kier alpha value is -2.54. The highest BCUT2D eigenvalue weighted by Crippen LogP contribution is 2.24. The number of amides is 1. The average Bonchev–Trinajstić information content (AvgIpc) is 3.02. The molecule has 1 aromatic carbocycles. The van der Waals surface area contributed by atoms with Crippen molar-refractivity contribution in [3.8, 4) is 5.75 Å². The number of piperazine rings is 1. The molecule has 1 aliphatic heterocycles. The van der Waals surface area contributed by atoms with Crippen LogP contribution < -0.4 is 9.84 Å². The van der Waals surface area contributed by atoms with E-state index in [0.29, 0.717) is 6.54 Å². The van der Waals surface area contributed by atoms with Crippen molar-refractivity contribution >= 4 is 22.8 Å². The van der Waals surface area contributed by atoms with Crippen molar-refractivity contribution in [1.29, 1.82) is 0 Å². The quantitative estimate of drug-likeness (QED) is 0.845. The molecule has 7 nitrogen and oxygen atoms in total. The number of H-pyrrole nitrogens is 1. The van der Waals surface area contributed by atoms with Crippen LogP contribution in [0.3, 0.4) is 0 Å². The first-order chi connectivity index (χ1) is 12.4. The number of nitrogens with one attached hydrogen (secondary N) is 1. The maximum Gasteiger partial charge on any atom is 0.236 e. The first-order valence-electron chi connectivity index (χ1n) is 8.76. The number of fused-ring (bicyclic) bond motifs is 1. The fourth-order valence-electron chi connectivity index (χ4n) is 3.01. The van der Waals surface area contributed by atoms with Gasteiger partial charge in [-0.15, -0.1) is 0 Å². The summed E-state index contributed by atoms with van der Waals surface area (Å²) in [7, 11) is 1.68. The molecule has 1 aliphatic rings. The summed E-state index contributed by atoms with van der Waals surface area (Å²) in [6.45, 7) is 7.16. The summed E-state index contributed by atoms with van der Waals surface area (Å²) in [6.07, 6.45) is 2.90. The molecule has 26 heavy (non-hydrogen) atoms. The van der Waals surface area contributed by atoms with Gasteiger partial charge >= 0.3 is 0 Å². The van der Waals surface area contributed by atoms with Crippen molar-refractivity contribution in [1.82, 2.24) is 14.8 Å². The fraction of sp³-hybridized carbons (Fsp3) is 0.474. The molecule has 1 N–H and O–H groups in total. The first-order valence-corrected chi connectivity index (χ1v) is 8.76. The molecule has 0 atom stereocenters. The standard InChI is InChI=1S/C17H23N3O2.C2H4O2/c1-3-19-8-9-20(17(21)12-19)7-6-13-11-18-16-5-4-14(22-2)10-15(13)16;1-2(3)4/h4-5,10-11,18H,3,6-9,12H2,1-2H3;1H3,(H,3,4)/p-1. The van der Waals surface area contributed by atoms with E-state index in [1.807, 2.05) is 23.2 Å². The van der Waals surface area contributed by atoms with Gasteiger partial charge in [0.1, 0.15) is 5.75 Å². The maximum atomic E-state index is 12.1. The minimum Gasteiger partial charge on any atom is -0.550 e. The molecule has 1 fully saturated rings. The number of aliphatic carboxylic acids is 1. The minimum atomic E-state index is -1.08. The predicted octanol–water partition coefficient (Wildman–Crippen LogP) is 0.639. The number of benzene rings is 1. The molecule has 1 saturated heterocycles. The second-order valence-electron chi connectivity index (χ2n) is 6.22. The van der Waals surface area contributed by atoms with Gasteiger partial charge in [-0.1, -0.05) is 6.92 Å². The van der Waals surface area contributed by atoms with Crippen LogP contribution >= 0.6 is 0 Å². The molecule has 0 aliphatic carbocycles. The Bertz CT molecular complexity index is 752. The van der Waals surface area contributed by atoms with E-state index < -0.39 is 5.97 Å². The van der Waals surface area contributed by atoms with Crippen molar-refractivity contribution in [2.45, 2.75) is 20.3 Å². The van der Waals surface area contributed by atoms with Crippen LogP contribution in [-0.4, -0.2) is 66.5 Å². The topological polar surface area (TPSA) is 88.7 Å². The Balaban J connectivity index is 0.000000552. The van der Waals surface area contributed by atoms with Crippen LogP contribution in [0.15, 0.2) is 24.4 Å². The normalized spacial score (nSPS) is 14.9. The molecule has 3 rings (SSSR count). The molecule has 1 aromatic heterocycles. The molecule has 142 valence electrons. The third kappa shape index (κ3) is 5.23. The van der Waals surface area contributed by atoms with Crippen molar-refractivity contribution in [2.24, 2.45) is 0 Å². The lowest BCUT2D eigenvalue weighted by Gasteiger charge is -2.33. The van der Waals surface area contributed by atoms with Crippen LogP contribution in [0.1, 0.15) is 19.4 Å². The molecule has 0 saturated carbocycles. The van der Waals surface area contributed by atoms with Gasteiger partial charge in [-0.05, 0) is 43.7 Å². The van der Waals surface area contributed by atoms with Gasteiger partial charge in [0, 0.05) is 42.7 Å². The molecule has 2 heterocycles. The summed E-state index contributed by atoms with van der Waals surface area (Å²) >= 11 is 0. The van der Waals surface area contributed by atoms with Gasteiger partial charge in [0.15, 0.2) is 0 Å². The zero-order chi connectivity index (χ0) is 19.1. The number of carbonyl (C=O) groups is 2.